The molecule has 6 heteroatoms. The molecule has 3 rings (SSSR count). The molecule has 1 heterocycles. The SMILES string of the molecule is O=C(NC1CCCCCCC1C(=O)O)c1[nH]c2ccccc2c1Br. The summed E-state index contributed by atoms with van der Waals surface area (Å²) in [6.07, 6.45) is 5.34. The molecular formula is C18H21BrN2O3. The molecule has 1 aromatic carbocycles. The zero-order valence-electron chi connectivity index (χ0n) is 13.3. The van der Waals surface area contributed by atoms with E-state index in [0.717, 1.165) is 36.6 Å². The van der Waals surface area contributed by atoms with Crippen LogP contribution in [0.25, 0.3) is 10.9 Å². The fourth-order valence-corrected chi connectivity index (χ4v) is 4.08. The fourth-order valence-electron chi connectivity index (χ4n) is 3.46. The number of carboxylic acids is 1. The molecule has 2 atom stereocenters. The summed E-state index contributed by atoms with van der Waals surface area (Å²) in [4.78, 5) is 27.4. The minimum Gasteiger partial charge on any atom is -0.481 e. The standard InChI is InChI=1S/C18H21BrN2O3/c19-15-11-7-5-6-10-13(11)20-16(15)17(22)21-14-9-4-2-1-3-8-12(14)18(23)24/h5-7,10,12,14,20H,1-4,8-9H2,(H,21,22)(H,23,24). The van der Waals surface area contributed by atoms with Crippen LogP contribution >= 0.6 is 15.9 Å². The smallest absolute Gasteiger partial charge is 0.308 e. The number of hydrogen-bond acceptors (Lipinski definition) is 2. The van der Waals surface area contributed by atoms with Crippen molar-refractivity contribution in [1.82, 2.24) is 10.3 Å². The van der Waals surface area contributed by atoms with E-state index in [2.05, 4.69) is 26.2 Å². The molecule has 1 saturated carbocycles. The number of carbonyl (C=O) groups is 2. The zero-order valence-corrected chi connectivity index (χ0v) is 14.9. The molecule has 0 aliphatic heterocycles. The molecule has 128 valence electrons. The fraction of sp³-hybridized carbons (Fsp3) is 0.444. The molecule has 0 saturated heterocycles. The van der Waals surface area contributed by atoms with Crippen molar-refractivity contribution in [3.05, 3.63) is 34.4 Å². The molecule has 1 fully saturated rings. The summed E-state index contributed by atoms with van der Waals surface area (Å²) in [6.45, 7) is 0. The number of nitrogens with one attached hydrogen (secondary N) is 2. The van der Waals surface area contributed by atoms with Gasteiger partial charge in [0.25, 0.3) is 5.91 Å². The van der Waals surface area contributed by atoms with Crippen molar-refractivity contribution < 1.29 is 14.7 Å². The third-order valence-corrected chi connectivity index (χ3v) is 5.59. The molecule has 1 aromatic heterocycles. The van der Waals surface area contributed by atoms with Crippen molar-refractivity contribution >= 4 is 38.7 Å². The lowest BCUT2D eigenvalue weighted by atomic mass is 9.86. The Kier molecular flexibility index (Phi) is 5.23. The number of H-pyrrole nitrogens is 1. The second kappa shape index (κ2) is 7.38. The molecule has 0 radical (unpaired) electrons. The number of aromatic nitrogens is 1. The predicted octanol–water partition coefficient (Wildman–Crippen LogP) is 4.08. The van der Waals surface area contributed by atoms with Gasteiger partial charge in [0.2, 0.25) is 0 Å². The highest BCUT2D eigenvalue weighted by Gasteiger charge is 2.31. The number of hydrogen-bond donors (Lipinski definition) is 3. The summed E-state index contributed by atoms with van der Waals surface area (Å²) in [5, 5.41) is 13.4. The predicted molar refractivity (Wildman–Crippen MR) is 96.1 cm³/mol. The van der Waals surface area contributed by atoms with Gasteiger partial charge in [0.15, 0.2) is 0 Å². The number of aromatic amines is 1. The van der Waals surface area contributed by atoms with Crippen LogP contribution in [0.5, 0.6) is 0 Å². The molecular weight excluding hydrogens is 372 g/mol. The minimum atomic E-state index is -0.821. The number of carbonyl (C=O) groups excluding carboxylic acids is 1. The molecule has 1 aliphatic rings. The number of amides is 1. The van der Waals surface area contributed by atoms with Crippen molar-refractivity contribution in [2.45, 2.75) is 44.6 Å². The van der Waals surface area contributed by atoms with Crippen LogP contribution in [0, 0.1) is 5.92 Å². The van der Waals surface area contributed by atoms with Crippen molar-refractivity contribution in [2.24, 2.45) is 5.92 Å². The van der Waals surface area contributed by atoms with E-state index in [1.165, 1.54) is 0 Å². The second-order valence-corrected chi connectivity index (χ2v) is 7.17. The van der Waals surface area contributed by atoms with E-state index in [1.54, 1.807) is 0 Å². The average molecular weight is 393 g/mol. The molecule has 2 aromatic rings. The summed E-state index contributed by atoms with van der Waals surface area (Å²) in [7, 11) is 0. The monoisotopic (exact) mass is 392 g/mol. The Balaban J connectivity index is 1.82. The first kappa shape index (κ1) is 17.0. The van der Waals surface area contributed by atoms with E-state index in [4.69, 9.17) is 0 Å². The van der Waals surface area contributed by atoms with Gasteiger partial charge in [0.1, 0.15) is 5.69 Å². The summed E-state index contributed by atoms with van der Waals surface area (Å²) >= 11 is 3.48. The first-order valence-electron chi connectivity index (χ1n) is 8.38. The summed E-state index contributed by atoms with van der Waals surface area (Å²) < 4.78 is 0.716. The number of carboxylic acid groups (broad SMARTS) is 1. The van der Waals surface area contributed by atoms with Gasteiger partial charge in [-0.3, -0.25) is 9.59 Å². The van der Waals surface area contributed by atoms with E-state index < -0.39 is 11.9 Å². The largest absolute Gasteiger partial charge is 0.481 e. The number of para-hydroxylation sites is 1. The maximum atomic E-state index is 12.7. The highest BCUT2D eigenvalue weighted by molar-refractivity contribution is 9.10. The topological polar surface area (TPSA) is 82.2 Å². The lowest BCUT2D eigenvalue weighted by Crippen LogP contribution is -2.44. The van der Waals surface area contributed by atoms with Gasteiger partial charge in [0, 0.05) is 16.9 Å². The van der Waals surface area contributed by atoms with Gasteiger partial charge < -0.3 is 15.4 Å². The molecule has 24 heavy (non-hydrogen) atoms. The normalized spacial score (nSPS) is 21.9. The molecule has 3 N–H and O–H groups in total. The quantitative estimate of drug-likeness (QED) is 0.735. The second-order valence-electron chi connectivity index (χ2n) is 6.38. The number of aliphatic carboxylic acids is 1. The van der Waals surface area contributed by atoms with Crippen molar-refractivity contribution in [1.29, 1.82) is 0 Å². The van der Waals surface area contributed by atoms with Crippen LogP contribution in [0.1, 0.15) is 49.0 Å². The Labute approximate surface area is 149 Å². The van der Waals surface area contributed by atoms with Crippen LogP contribution in [0.15, 0.2) is 28.7 Å². The Bertz CT molecular complexity index is 756. The Morgan fingerprint density at radius 3 is 2.54 bits per heavy atom. The summed E-state index contributed by atoms with van der Waals surface area (Å²) in [6, 6.07) is 7.34. The molecule has 5 nitrogen and oxygen atoms in total. The Morgan fingerprint density at radius 1 is 1.12 bits per heavy atom. The van der Waals surface area contributed by atoms with Crippen LogP contribution in [0.4, 0.5) is 0 Å². The number of rotatable bonds is 3. The van der Waals surface area contributed by atoms with Gasteiger partial charge >= 0.3 is 5.97 Å². The maximum Gasteiger partial charge on any atom is 0.308 e. The molecule has 1 aliphatic carbocycles. The first-order chi connectivity index (χ1) is 11.6. The van der Waals surface area contributed by atoms with Crippen LogP contribution in [-0.2, 0) is 4.79 Å². The Hall–Kier alpha value is -1.82. The van der Waals surface area contributed by atoms with Gasteiger partial charge in [-0.15, -0.1) is 0 Å². The van der Waals surface area contributed by atoms with E-state index in [1.807, 2.05) is 24.3 Å². The third kappa shape index (κ3) is 3.48. The third-order valence-electron chi connectivity index (χ3n) is 4.77. The number of benzene rings is 1. The minimum absolute atomic E-state index is 0.255. The average Bonchev–Trinajstić information content (AvgIpc) is 2.87. The molecule has 2 unspecified atom stereocenters. The maximum absolute atomic E-state index is 12.7. The molecule has 1 amide bonds. The Morgan fingerprint density at radius 2 is 1.83 bits per heavy atom. The summed E-state index contributed by atoms with van der Waals surface area (Å²) in [5.41, 5.74) is 1.32. The van der Waals surface area contributed by atoms with Crippen molar-refractivity contribution in [3.63, 3.8) is 0 Å². The van der Waals surface area contributed by atoms with Gasteiger partial charge in [-0.25, -0.2) is 0 Å². The van der Waals surface area contributed by atoms with Crippen LogP contribution in [0.3, 0.4) is 0 Å². The van der Waals surface area contributed by atoms with E-state index in [9.17, 15) is 14.7 Å². The van der Waals surface area contributed by atoms with Gasteiger partial charge in [-0.2, -0.15) is 0 Å². The zero-order chi connectivity index (χ0) is 17.1. The lowest BCUT2D eigenvalue weighted by molar-refractivity contribution is -0.143. The first-order valence-corrected chi connectivity index (χ1v) is 9.17. The molecule has 0 bridgehead atoms. The summed E-state index contributed by atoms with van der Waals surface area (Å²) in [5.74, 6) is -1.59. The van der Waals surface area contributed by atoms with Crippen LogP contribution in [-0.4, -0.2) is 28.0 Å². The van der Waals surface area contributed by atoms with Gasteiger partial charge in [-0.05, 0) is 34.8 Å². The van der Waals surface area contributed by atoms with E-state index in [0.29, 0.717) is 23.0 Å². The highest BCUT2D eigenvalue weighted by atomic mass is 79.9. The van der Waals surface area contributed by atoms with Crippen LogP contribution in [0.2, 0.25) is 0 Å². The number of halogens is 1. The van der Waals surface area contributed by atoms with Gasteiger partial charge in [-0.1, -0.05) is 43.9 Å². The van der Waals surface area contributed by atoms with Gasteiger partial charge in [0.05, 0.1) is 10.4 Å². The van der Waals surface area contributed by atoms with Crippen molar-refractivity contribution in [3.8, 4) is 0 Å². The van der Waals surface area contributed by atoms with E-state index >= 15 is 0 Å². The number of fused-ring (bicyclic) bond motifs is 1. The highest BCUT2D eigenvalue weighted by Crippen LogP contribution is 2.29. The van der Waals surface area contributed by atoms with Crippen LogP contribution < -0.4 is 5.32 Å². The molecule has 0 spiro atoms. The van der Waals surface area contributed by atoms with Crippen molar-refractivity contribution in [2.75, 3.05) is 0 Å². The van der Waals surface area contributed by atoms with E-state index in [-0.39, 0.29) is 11.9 Å². The lowest BCUT2D eigenvalue weighted by Gasteiger charge is -2.27.